The SMILES string of the molecule is CC1CCCN(C(=O)c2ccnc(N3CCN(c4ccccc4F)CC3)n2)C1. The van der Waals surface area contributed by atoms with Crippen LogP contribution in [-0.2, 0) is 0 Å². The van der Waals surface area contributed by atoms with Crippen LogP contribution in [0.4, 0.5) is 16.0 Å². The minimum Gasteiger partial charge on any atom is -0.366 e. The quantitative estimate of drug-likeness (QED) is 0.816. The number of amides is 1. The highest BCUT2D eigenvalue weighted by molar-refractivity contribution is 5.92. The van der Waals surface area contributed by atoms with E-state index in [4.69, 9.17) is 0 Å². The van der Waals surface area contributed by atoms with Crippen molar-refractivity contribution in [2.24, 2.45) is 5.92 Å². The molecule has 1 aromatic heterocycles. The Labute approximate surface area is 165 Å². The third-order valence-electron chi connectivity index (χ3n) is 5.56. The van der Waals surface area contributed by atoms with Crippen molar-refractivity contribution < 1.29 is 9.18 Å². The fourth-order valence-corrected chi connectivity index (χ4v) is 4.01. The summed E-state index contributed by atoms with van der Waals surface area (Å²) in [5, 5.41) is 0. The van der Waals surface area contributed by atoms with Gasteiger partial charge >= 0.3 is 0 Å². The van der Waals surface area contributed by atoms with Gasteiger partial charge in [-0.1, -0.05) is 19.1 Å². The molecule has 148 valence electrons. The first-order valence-corrected chi connectivity index (χ1v) is 9.98. The lowest BCUT2D eigenvalue weighted by atomic mass is 10.00. The third kappa shape index (κ3) is 3.93. The molecule has 3 heterocycles. The fraction of sp³-hybridized carbons (Fsp3) is 0.476. The lowest BCUT2D eigenvalue weighted by Gasteiger charge is -2.36. The Balaban J connectivity index is 1.42. The second-order valence-electron chi connectivity index (χ2n) is 7.67. The van der Waals surface area contributed by atoms with Gasteiger partial charge in [0.05, 0.1) is 5.69 Å². The molecule has 6 nitrogen and oxygen atoms in total. The molecule has 2 fully saturated rings. The molecule has 1 atom stereocenters. The maximum atomic E-state index is 14.0. The van der Waals surface area contributed by atoms with Gasteiger partial charge < -0.3 is 14.7 Å². The zero-order chi connectivity index (χ0) is 19.5. The number of para-hydroxylation sites is 1. The molecule has 0 saturated carbocycles. The van der Waals surface area contributed by atoms with Gasteiger partial charge in [-0.2, -0.15) is 0 Å². The number of benzene rings is 1. The summed E-state index contributed by atoms with van der Waals surface area (Å²) in [6.45, 7) is 6.51. The maximum Gasteiger partial charge on any atom is 0.272 e. The number of halogens is 1. The molecule has 1 amide bonds. The Morgan fingerprint density at radius 3 is 2.57 bits per heavy atom. The van der Waals surface area contributed by atoms with Crippen LogP contribution < -0.4 is 9.80 Å². The van der Waals surface area contributed by atoms with Crippen LogP contribution in [0.2, 0.25) is 0 Å². The van der Waals surface area contributed by atoms with Crippen molar-refractivity contribution >= 4 is 17.5 Å². The van der Waals surface area contributed by atoms with E-state index in [1.807, 2.05) is 15.9 Å². The second-order valence-corrected chi connectivity index (χ2v) is 7.67. The van der Waals surface area contributed by atoms with Crippen LogP contribution in [0.25, 0.3) is 0 Å². The molecule has 0 bridgehead atoms. The number of nitrogens with zero attached hydrogens (tertiary/aromatic N) is 5. The van der Waals surface area contributed by atoms with Crippen molar-refractivity contribution in [2.45, 2.75) is 19.8 Å². The zero-order valence-corrected chi connectivity index (χ0v) is 16.2. The molecule has 0 aliphatic carbocycles. The molecule has 2 aliphatic rings. The number of likely N-dealkylation sites (tertiary alicyclic amines) is 1. The van der Waals surface area contributed by atoms with Crippen LogP contribution in [0.3, 0.4) is 0 Å². The highest BCUT2D eigenvalue weighted by Gasteiger charge is 2.25. The van der Waals surface area contributed by atoms with E-state index >= 15 is 0 Å². The van der Waals surface area contributed by atoms with Gasteiger partial charge in [-0.3, -0.25) is 4.79 Å². The van der Waals surface area contributed by atoms with E-state index in [-0.39, 0.29) is 11.7 Å². The average molecular weight is 383 g/mol. The minimum atomic E-state index is -0.199. The van der Waals surface area contributed by atoms with E-state index in [1.54, 1.807) is 24.4 Å². The number of piperidine rings is 1. The molecule has 1 aromatic carbocycles. The Morgan fingerprint density at radius 2 is 1.82 bits per heavy atom. The van der Waals surface area contributed by atoms with Crippen molar-refractivity contribution in [3.8, 4) is 0 Å². The van der Waals surface area contributed by atoms with Gasteiger partial charge in [0.2, 0.25) is 5.95 Å². The van der Waals surface area contributed by atoms with Crippen molar-refractivity contribution in [2.75, 3.05) is 49.1 Å². The Kier molecular flexibility index (Phi) is 5.41. The second kappa shape index (κ2) is 8.12. The molecular weight excluding hydrogens is 357 g/mol. The summed E-state index contributed by atoms with van der Waals surface area (Å²) in [6, 6.07) is 8.54. The predicted molar refractivity (Wildman–Crippen MR) is 107 cm³/mol. The van der Waals surface area contributed by atoms with Crippen molar-refractivity contribution in [3.63, 3.8) is 0 Å². The van der Waals surface area contributed by atoms with E-state index in [1.165, 1.54) is 12.5 Å². The van der Waals surface area contributed by atoms with Crippen LogP contribution in [-0.4, -0.2) is 60.0 Å². The first-order chi connectivity index (χ1) is 13.6. The maximum absolute atomic E-state index is 14.0. The molecule has 28 heavy (non-hydrogen) atoms. The summed E-state index contributed by atoms with van der Waals surface area (Å²) in [7, 11) is 0. The molecule has 2 saturated heterocycles. The van der Waals surface area contributed by atoms with Gasteiger partial charge in [0, 0.05) is 45.5 Å². The molecule has 2 aromatic rings. The van der Waals surface area contributed by atoms with Gasteiger partial charge in [0.25, 0.3) is 5.91 Å². The lowest BCUT2D eigenvalue weighted by Crippen LogP contribution is -2.47. The summed E-state index contributed by atoms with van der Waals surface area (Å²) in [5.41, 5.74) is 1.09. The van der Waals surface area contributed by atoms with Crippen molar-refractivity contribution in [1.82, 2.24) is 14.9 Å². The average Bonchev–Trinajstić information content (AvgIpc) is 2.74. The summed E-state index contributed by atoms with van der Waals surface area (Å²) < 4.78 is 14.0. The minimum absolute atomic E-state index is 0.0137. The molecule has 7 heteroatoms. The highest BCUT2D eigenvalue weighted by Crippen LogP contribution is 2.22. The zero-order valence-electron chi connectivity index (χ0n) is 16.2. The summed E-state index contributed by atoms with van der Waals surface area (Å²) in [4.78, 5) is 27.7. The van der Waals surface area contributed by atoms with Crippen molar-refractivity contribution in [3.05, 3.63) is 48.0 Å². The molecule has 1 unspecified atom stereocenters. The fourth-order valence-electron chi connectivity index (χ4n) is 4.01. The summed E-state index contributed by atoms with van der Waals surface area (Å²) in [5.74, 6) is 0.894. The number of hydrogen-bond donors (Lipinski definition) is 0. The van der Waals surface area contributed by atoms with Crippen LogP contribution >= 0.6 is 0 Å². The standard InChI is InChI=1S/C21H26FN5O/c1-16-5-4-10-27(15-16)20(28)18-8-9-23-21(24-18)26-13-11-25(12-14-26)19-7-3-2-6-17(19)22/h2-3,6-9,16H,4-5,10-15H2,1H3. The molecule has 2 aliphatic heterocycles. The first kappa shape index (κ1) is 18.7. The molecule has 0 N–H and O–H groups in total. The van der Waals surface area contributed by atoms with E-state index in [0.29, 0.717) is 49.4 Å². The molecule has 4 rings (SSSR count). The van der Waals surface area contributed by atoms with E-state index in [2.05, 4.69) is 21.8 Å². The smallest absolute Gasteiger partial charge is 0.272 e. The Bertz CT molecular complexity index is 837. The number of rotatable bonds is 3. The highest BCUT2D eigenvalue weighted by atomic mass is 19.1. The molecule has 0 spiro atoms. The first-order valence-electron chi connectivity index (χ1n) is 9.98. The number of carbonyl (C=O) groups is 1. The van der Waals surface area contributed by atoms with E-state index < -0.39 is 0 Å². The topological polar surface area (TPSA) is 52.6 Å². The van der Waals surface area contributed by atoms with Crippen molar-refractivity contribution in [1.29, 1.82) is 0 Å². The number of hydrogen-bond acceptors (Lipinski definition) is 5. The Hall–Kier alpha value is -2.70. The van der Waals surface area contributed by atoms with Crippen LogP contribution in [0.5, 0.6) is 0 Å². The third-order valence-corrected chi connectivity index (χ3v) is 5.56. The van der Waals surface area contributed by atoms with Crippen LogP contribution in [0.15, 0.2) is 36.5 Å². The molecular formula is C21H26FN5O. The number of carbonyl (C=O) groups excluding carboxylic acids is 1. The predicted octanol–water partition coefficient (Wildman–Crippen LogP) is 2.81. The Morgan fingerprint density at radius 1 is 1.07 bits per heavy atom. The van der Waals surface area contributed by atoms with Crippen LogP contribution in [0.1, 0.15) is 30.3 Å². The number of piperazine rings is 1. The number of anilines is 2. The van der Waals surface area contributed by atoms with Crippen LogP contribution in [0, 0.1) is 11.7 Å². The monoisotopic (exact) mass is 383 g/mol. The van der Waals surface area contributed by atoms with Gasteiger partial charge in [-0.15, -0.1) is 0 Å². The summed E-state index contributed by atoms with van der Waals surface area (Å²) >= 11 is 0. The van der Waals surface area contributed by atoms with Gasteiger partial charge in [-0.05, 0) is 37.0 Å². The molecule has 0 radical (unpaired) electrons. The normalized spacial score (nSPS) is 20.4. The number of aromatic nitrogens is 2. The van der Waals surface area contributed by atoms with Gasteiger partial charge in [-0.25, -0.2) is 14.4 Å². The van der Waals surface area contributed by atoms with E-state index in [0.717, 1.165) is 19.5 Å². The largest absolute Gasteiger partial charge is 0.366 e. The summed E-state index contributed by atoms with van der Waals surface area (Å²) in [6.07, 6.45) is 3.88. The van der Waals surface area contributed by atoms with Gasteiger partial charge in [0.15, 0.2) is 0 Å². The van der Waals surface area contributed by atoms with E-state index in [9.17, 15) is 9.18 Å². The lowest BCUT2D eigenvalue weighted by molar-refractivity contribution is 0.0677. The van der Waals surface area contributed by atoms with Gasteiger partial charge in [0.1, 0.15) is 11.5 Å².